The molecule has 0 aliphatic carbocycles. The fourth-order valence-electron chi connectivity index (χ4n) is 4.59. The van der Waals surface area contributed by atoms with Crippen LogP contribution in [-0.2, 0) is 4.43 Å². The number of allylic oxidation sites excluding steroid dienone is 1. The van der Waals surface area contributed by atoms with Crippen molar-refractivity contribution in [3.05, 3.63) is 47.5 Å². The van der Waals surface area contributed by atoms with E-state index < -0.39 is 8.32 Å². The number of rotatable bonds is 18. The predicted octanol–water partition coefficient (Wildman–Crippen LogP) is 9.32. The molecule has 5 heteroatoms. The second-order valence-corrected chi connectivity index (χ2v) is 17.1. The lowest BCUT2D eigenvalue weighted by Crippen LogP contribution is -2.47. The van der Waals surface area contributed by atoms with E-state index in [0.29, 0.717) is 17.7 Å². The van der Waals surface area contributed by atoms with Crippen molar-refractivity contribution in [1.82, 2.24) is 4.90 Å². The molecule has 2 amide bonds. The van der Waals surface area contributed by atoms with Crippen molar-refractivity contribution in [3.8, 4) is 0 Å². The molecule has 0 aromatic heterocycles. The molecule has 1 aromatic carbocycles. The lowest BCUT2D eigenvalue weighted by Gasteiger charge is -2.38. The van der Waals surface area contributed by atoms with Crippen LogP contribution in [0.25, 0.3) is 0 Å². The highest BCUT2D eigenvalue weighted by Gasteiger charge is 2.42. The topological polar surface area (TPSA) is 46.6 Å². The van der Waals surface area contributed by atoms with E-state index in [0.717, 1.165) is 12.8 Å². The number of benzene rings is 1. The number of imide groups is 1. The van der Waals surface area contributed by atoms with Gasteiger partial charge in [-0.05, 0) is 43.1 Å². The monoisotopic (exact) mass is 527 g/mol. The first-order valence-corrected chi connectivity index (χ1v) is 17.8. The van der Waals surface area contributed by atoms with Crippen LogP contribution in [0.15, 0.2) is 36.4 Å². The van der Waals surface area contributed by atoms with Gasteiger partial charge in [0.1, 0.15) is 0 Å². The average Bonchev–Trinajstić information content (AvgIpc) is 3.10. The zero-order valence-electron chi connectivity index (χ0n) is 24.6. The first-order valence-electron chi connectivity index (χ1n) is 14.9. The summed E-state index contributed by atoms with van der Waals surface area (Å²) in [4.78, 5) is 27.7. The Kier molecular flexibility index (Phi) is 13.3. The number of amides is 2. The normalized spacial score (nSPS) is 15.1. The Balaban J connectivity index is 1.82. The largest absolute Gasteiger partial charge is 0.414 e. The molecule has 0 saturated heterocycles. The lowest BCUT2D eigenvalue weighted by atomic mass is 10.0. The van der Waals surface area contributed by atoms with Crippen molar-refractivity contribution in [2.75, 3.05) is 6.61 Å². The van der Waals surface area contributed by atoms with Gasteiger partial charge >= 0.3 is 0 Å². The molecule has 4 nitrogen and oxygen atoms in total. The Morgan fingerprint density at radius 3 is 1.73 bits per heavy atom. The van der Waals surface area contributed by atoms with Gasteiger partial charge in [0.25, 0.3) is 11.8 Å². The van der Waals surface area contributed by atoms with Gasteiger partial charge in [-0.1, -0.05) is 123 Å². The Morgan fingerprint density at radius 2 is 1.27 bits per heavy atom. The molecule has 0 spiro atoms. The van der Waals surface area contributed by atoms with Crippen LogP contribution in [-0.4, -0.2) is 37.7 Å². The Bertz CT molecular complexity index is 836. The van der Waals surface area contributed by atoms with E-state index in [9.17, 15) is 9.59 Å². The van der Waals surface area contributed by atoms with Crippen molar-refractivity contribution in [2.24, 2.45) is 0 Å². The first-order chi connectivity index (χ1) is 17.6. The standard InChI is InChI=1S/C32H53NO3Si/c1-7-8-9-10-11-12-13-14-15-16-17-18-19-20-23-27(26-36-37(5,6)32(2,3)4)33-30(34)28-24-21-22-25-29(28)31(33)35/h20-25,27H,7-19,26H2,1-6H3/t27-/m1/s1. The van der Waals surface area contributed by atoms with Crippen LogP contribution in [0.5, 0.6) is 0 Å². The van der Waals surface area contributed by atoms with Gasteiger partial charge in [-0.15, -0.1) is 0 Å². The summed E-state index contributed by atoms with van der Waals surface area (Å²) in [6.45, 7) is 13.7. The number of hydrogen-bond donors (Lipinski definition) is 0. The van der Waals surface area contributed by atoms with Gasteiger partial charge in [-0.3, -0.25) is 14.5 Å². The van der Waals surface area contributed by atoms with E-state index in [1.165, 1.54) is 75.5 Å². The third kappa shape index (κ3) is 9.83. The molecule has 0 saturated carbocycles. The molecule has 2 rings (SSSR count). The molecule has 0 unspecified atom stereocenters. The smallest absolute Gasteiger partial charge is 0.262 e. The fourth-order valence-corrected chi connectivity index (χ4v) is 5.61. The summed E-state index contributed by atoms with van der Waals surface area (Å²) in [5.41, 5.74) is 0.998. The number of nitrogens with zero attached hydrogens (tertiary/aromatic N) is 1. The highest BCUT2D eigenvalue weighted by atomic mass is 28.4. The maximum Gasteiger partial charge on any atom is 0.262 e. The van der Waals surface area contributed by atoms with Crippen LogP contribution in [0.1, 0.15) is 132 Å². The van der Waals surface area contributed by atoms with Crippen LogP contribution in [0.2, 0.25) is 18.1 Å². The number of fused-ring (bicyclic) bond motifs is 1. The number of unbranched alkanes of at least 4 members (excludes halogenated alkanes) is 12. The third-order valence-corrected chi connectivity index (χ3v) is 12.7. The van der Waals surface area contributed by atoms with Crippen molar-refractivity contribution in [2.45, 2.75) is 135 Å². The van der Waals surface area contributed by atoms with E-state index >= 15 is 0 Å². The zero-order chi connectivity index (χ0) is 27.3. The SMILES string of the molecule is CCCCCCCCCCCCCCC=C[C@H](CO[Si](C)(C)C(C)(C)C)N1C(=O)c2ccccc2C1=O. The third-order valence-electron chi connectivity index (χ3n) is 8.16. The molecule has 0 radical (unpaired) electrons. The molecule has 1 heterocycles. The Morgan fingerprint density at radius 1 is 0.811 bits per heavy atom. The molecule has 37 heavy (non-hydrogen) atoms. The van der Waals surface area contributed by atoms with Gasteiger partial charge in [0, 0.05) is 0 Å². The summed E-state index contributed by atoms with van der Waals surface area (Å²) >= 11 is 0. The molecule has 1 aliphatic rings. The minimum absolute atomic E-state index is 0.0678. The molecular formula is C32H53NO3Si. The van der Waals surface area contributed by atoms with Crippen LogP contribution >= 0.6 is 0 Å². The van der Waals surface area contributed by atoms with Gasteiger partial charge < -0.3 is 4.43 Å². The molecule has 208 valence electrons. The maximum atomic E-state index is 13.1. The van der Waals surface area contributed by atoms with Crippen LogP contribution in [0.3, 0.4) is 0 Å². The summed E-state index contributed by atoms with van der Waals surface area (Å²) in [5, 5.41) is 0.0678. The second-order valence-electron chi connectivity index (χ2n) is 12.3. The maximum absolute atomic E-state index is 13.1. The van der Waals surface area contributed by atoms with Crippen molar-refractivity contribution in [3.63, 3.8) is 0 Å². The quantitative estimate of drug-likeness (QED) is 0.0827. The molecule has 1 atom stereocenters. The van der Waals surface area contributed by atoms with Crippen molar-refractivity contribution < 1.29 is 14.0 Å². The molecule has 1 aliphatic heterocycles. The number of carbonyl (C=O) groups is 2. The number of carbonyl (C=O) groups excluding carboxylic acids is 2. The first kappa shape index (κ1) is 31.5. The van der Waals surface area contributed by atoms with Gasteiger partial charge in [-0.25, -0.2) is 0 Å². The lowest BCUT2D eigenvalue weighted by molar-refractivity contribution is 0.0569. The van der Waals surface area contributed by atoms with Crippen LogP contribution < -0.4 is 0 Å². The fraction of sp³-hybridized carbons (Fsp3) is 0.688. The summed E-state index contributed by atoms with van der Waals surface area (Å²) in [6.07, 6.45) is 21.2. The summed E-state index contributed by atoms with van der Waals surface area (Å²) in [6, 6.07) is 6.75. The predicted molar refractivity (Wildman–Crippen MR) is 159 cm³/mol. The van der Waals surface area contributed by atoms with E-state index in [4.69, 9.17) is 4.43 Å². The average molecular weight is 528 g/mol. The van der Waals surface area contributed by atoms with Gasteiger partial charge in [0.2, 0.25) is 0 Å². The molecule has 1 aromatic rings. The van der Waals surface area contributed by atoms with E-state index in [2.05, 4.69) is 46.9 Å². The van der Waals surface area contributed by atoms with Gasteiger partial charge in [0.15, 0.2) is 8.32 Å². The zero-order valence-corrected chi connectivity index (χ0v) is 25.6. The second kappa shape index (κ2) is 15.6. The van der Waals surface area contributed by atoms with E-state index in [1.54, 1.807) is 12.1 Å². The summed E-state index contributed by atoms with van der Waals surface area (Å²) in [7, 11) is -2.01. The highest BCUT2D eigenvalue weighted by molar-refractivity contribution is 6.74. The number of hydrogen-bond acceptors (Lipinski definition) is 3. The highest BCUT2D eigenvalue weighted by Crippen LogP contribution is 2.37. The Labute approximate surface area is 228 Å². The Hall–Kier alpha value is -1.72. The molecule has 0 bridgehead atoms. The summed E-state index contributed by atoms with van der Waals surface area (Å²) < 4.78 is 6.48. The van der Waals surface area contributed by atoms with E-state index in [-0.39, 0.29) is 22.9 Å². The minimum Gasteiger partial charge on any atom is -0.414 e. The summed E-state index contributed by atoms with van der Waals surface area (Å²) in [5.74, 6) is -0.418. The van der Waals surface area contributed by atoms with Crippen molar-refractivity contribution >= 4 is 20.1 Å². The minimum atomic E-state index is -2.01. The van der Waals surface area contributed by atoms with Crippen molar-refractivity contribution in [1.29, 1.82) is 0 Å². The van der Waals surface area contributed by atoms with Gasteiger partial charge in [0.05, 0.1) is 23.8 Å². The molecule has 0 N–H and O–H groups in total. The van der Waals surface area contributed by atoms with Gasteiger partial charge in [-0.2, -0.15) is 0 Å². The van der Waals surface area contributed by atoms with Crippen LogP contribution in [0.4, 0.5) is 0 Å². The van der Waals surface area contributed by atoms with Crippen LogP contribution in [0, 0.1) is 0 Å². The molecular weight excluding hydrogens is 474 g/mol. The van der Waals surface area contributed by atoms with E-state index in [1.807, 2.05) is 18.2 Å². The molecule has 0 fully saturated rings.